The average molecular weight is 231 g/mol. The Balaban J connectivity index is 0.000000457. The Morgan fingerprint density at radius 2 is 1.94 bits per heavy atom. The molecule has 1 N–H and O–H groups in total. The summed E-state index contributed by atoms with van der Waals surface area (Å²) < 4.78 is 0. The molecule has 1 aromatic carbocycles. The highest BCUT2D eigenvalue weighted by Gasteiger charge is 2.24. The molecule has 0 saturated heterocycles. The summed E-state index contributed by atoms with van der Waals surface area (Å²) in [6.07, 6.45) is 2.32. The van der Waals surface area contributed by atoms with Crippen LogP contribution in [-0.2, 0) is 6.42 Å². The molecule has 1 heterocycles. The number of rotatable bonds is 0. The fourth-order valence-electron chi connectivity index (χ4n) is 2.06. The molecular weight excluding hydrogens is 214 g/mol. The largest absolute Gasteiger partial charge is 0.349 e. The van der Waals surface area contributed by atoms with E-state index < -0.39 is 0 Å². The van der Waals surface area contributed by atoms with Crippen molar-refractivity contribution < 1.29 is 0 Å². The van der Waals surface area contributed by atoms with Crippen LogP contribution in [0, 0.1) is 0 Å². The number of aryl methyl sites for hydroxylation is 1. The van der Waals surface area contributed by atoms with E-state index in [1.165, 1.54) is 21.7 Å². The average Bonchev–Trinajstić information content (AvgIpc) is 2.72. The lowest BCUT2D eigenvalue weighted by Gasteiger charge is -2.16. The number of thioether (sulfide) groups is 1. The van der Waals surface area contributed by atoms with Crippen LogP contribution in [0.1, 0.15) is 31.4 Å². The predicted octanol–water partition coefficient (Wildman–Crippen LogP) is 4.14. The van der Waals surface area contributed by atoms with E-state index in [9.17, 15) is 0 Å². The number of fused-ring (bicyclic) bond motifs is 2. The van der Waals surface area contributed by atoms with Crippen molar-refractivity contribution in [2.24, 2.45) is 0 Å². The molecule has 3 rings (SSSR count). The number of allylic oxidation sites excluding steroid dienone is 1. The molecule has 0 radical (unpaired) electrons. The second kappa shape index (κ2) is 4.79. The lowest BCUT2D eigenvalue weighted by molar-refractivity contribution is 0.953. The second-order valence-electron chi connectivity index (χ2n) is 3.61. The summed E-state index contributed by atoms with van der Waals surface area (Å²) in [5.74, 6) is 0. The predicted molar refractivity (Wildman–Crippen MR) is 72.9 cm³/mol. The van der Waals surface area contributed by atoms with E-state index in [1.54, 1.807) is 11.8 Å². The zero-order chi connectivity index (χ0) is 11.5. The third kappa shape index (κ3) is 1.90. The van der Waals surface area contributed by atoms with Gasteiger partial charge in [0.1, 0.15) is 0 Å². The molecule has 0 spiro atoms. The molecule has 0 aromatic heterocycles. The van der Waals surface area contributed by atoms with E-state index in [2.05, 4.69) is 36.2 Å². The Bertz CT molecular complexity index is 446. The molecule has 0 amide bonds. The molecule has 0 unspecified atom stereocenters. The summed E-state index contributed by atoms with van der Waals surface area (Å²) in [7, 11) is 0. The van der Waals surface area contributed by atoms with Gasteiger partial charge in [0, 0.05) is 10.5 Å². The standard InChI is InChI=1S/C12H11NS.C2H6/c1-8-13-12-10-5-3-2-4-9(10)6-7-11(12)14-8;1-2/h2-5,13H,1,6-7H2;1-2H3. The van der Waals surface area contributed by atoms with Gasteiger partial charge in [-0.15, -0.1) is 0 Å². The normalized spacial score (nSPS) is 17.0. The molecule has 84 valence electrons. The molecule has 0 atom stereocenters. The first-order chi connectivity index (χ1) is 7.84. The van der Waals surface area contributed by atoms with Crippen molar-refractivity contribution in [2.45, 2.75) is 26.7 Å². The highest BCUT2D eigenvalue weighted by Crippen LogP contribution is 2.43. The van der Waals surface area contributed by atoms with Gasteiger partial charge >= 0.3 is 0 Å². The molecule has 0 saturated carbocycles. The van der Waals surface area contributed by atoms with Gasteiger partial charge in [0.2, 0.25) is 0 Å². The summed E-state index contributed by atoms with van der Waals surface area (Å²) in [5.41, 5.74) is 4.11. The van der Waals surface area contributed by atoms with Crippen LogP contribution >= 0.6 is 11.8 Å². The van der Waals surface area contributed by atoms with E-state index in [4.69, 9.17) is 0 Å². The van der Waals surface area contributed by atoms with Gasteiger partial charge in [0.15, 0.2) is 0 Å². The van der Waals surface area contributed by atoms with Gasteiger partial charge in [-0.25, -0.2) is 0 Å². The van der Waals surface area contributed by atoms with Gasteiger partial charge in [0.05, 0.1) is 10.7 Å². The Morgan fingerprint density at radius 1 is 1.19 bits per heavy atom. The van der Waals surface area contributed by atoms with E-state index >= 15 is 0 Å². The summed E-state index contributed by atoms with van der Waals surface area (Å²) >= 11 is 1.79. The molecule has 2 heteroatoms. The van der Waals surface area contributed by atoms with Crippen LogP contribution in [0.3, 0.4) is 0 Å². The Kier molecular flexibility index (Phi) is 3.39. The molecular formula is C14H17NS. The highest BCUT2D eigenvalue weighted by molar-refractivity contribution is 8.07. The third-order valence-corrected chi connectivity index (χ3v) is 3.70. The van der Waals surface area contributed by atoms with Gasteiger partial charge in [-0.1, -0.05) is 56.5 Å². The van der Waals surface area contributed by atoms with Crippen molar-refractivity contribution in [3.05, 3.63) is 51.9 Å². The summed E-state index contributed by atoms with van der Waals surface area (Å²) in [6, 6.07) is 8.62. The fraction of sp³-hybridized carbons (Fsp3) is 0.286. The van der Waals surface area contributed by atoms with Gasteiger partial charge in [-0.3, -0.25) is 0 Å². The van der Waals surface area contributed by atoms with Crippen LogP contribution in [0.4, 0.5) is 0 Å². The molecule has 16 heavy (non-hydrogen) atoms. The van der Waals surface area contributed by atoms with Crippen molar-refractivity contribution >= 4 is 17.5 Å². The summed E-state index contributed by atoms with van der Waals surface area (Å²) in [4.78, 5) is 1.45. The van der Waals surface area contributed by atoms with Gasteiger partial charge < -0.3 is 5.32 Å². The number of hydrogen-bond acceptors (Lipinski definition) is 2. The molecule has 0 bridgehead atoms. The molecule has 2 aliphatic rings. The van der Waals surface area contributed by atoms with Crippen LogP contribution < -0.4 is 5.32 Å². The first-order valence-electron chi connectivity index (χ1n) is 5.80. The lowest BCUT2D eigenvalue weighted by Crippen LogP contribution is -2.09. The van der Waals surface area contributed by atoms with Crippen molar-refractivity contribution in [1.29, 1.82) is 0 Å². The van der Waals surface area contributed by atoms with Gasteiger partial charge in [0.25, 0.3) is 0 Å². The van der Waals surface area contributed by atoms with Crippen molar-refractivity contribution in [3.63, 3.8) is 0 Å². The van der Waals surface area contributed by atoms with E-state index in [-0.39, 0.29) is 0 Å². The molecule has 0 fully saturated rings. The first kappa shape index (κ1) is 11.3. The third-order valence-electron chi connectivity index (χ3n) is 2.70. The Hall–Kier alpha value is -1.15. The maximum atomic E-state index is 3.96. The van der Waals surface area contributed by atoms with Crippen LogP contribution in [0.2, 0.25) is 0 Å². The fourth-order valence-corrected chi connectivity index (χ4v) is 2.98. The maximum Gasteiger partial charge on any atom is 0.0698 e. The molecule has 1 nitrogen and oxygen atoms in total. The first-order valence-corrected chi connectivity index (χ1v) is 6.61. The van der Waals surface area contributed by atoms with Crippen LogP contribution in [0.15, 0.2) is 40.8 Å². The van der Waals surface area contributed by atoms with Crippen molar-refractivity contribution in [1.82, 2.24) is 5.32 Å². The minimum Gasteiger partial charge on any atom is -0.349 e. The van der Waals surface area contributed by atoms with Gasteiger partial charge in [-0.2, -0.15) is 0 Å². The van der Waals surface area contributed by atoms with Crippen LogP contribution in [0.25, 0.3) is 5.70 Å². The molecule has 1 aliphatic carbocycles. The minimum atomic E-state index is 1.06. The Morgan fingerprint density at radius 3 is 2.75 bits per heavy atom. The SMILES string of the molecule is C=C1NC2=C(CCc3ccccc32)S1.CC. The number of benzene rings is 1. The van der Waals surface area contributed by atoms with Crippen molar-refractivity contribution in [2.75, 3.05) is 0 Å². The summed E-state index contributed by atoms with van der Waals surface area (Å²) in [6.45, 7) is 7.96. The zero-order valence-electron chi connectivity index (χ0n) is 9.84. The quantitative estimate of drug-likeness (QED) is 0.720. The number of nitrogens with one attached hydrogen (secondary N) is 1. The maximum absolute atomic E-state index is 3.96. The monoisotopic (exact) mass is 231 g/mol. The smallest absolute Gasteiger partial charge is 0.0698 e. The van der Waals surface area contributed by atoms with Crippen LogP contribution in [0.5, 0.6) is 0 Å². The number of hydrogen-bond donors (Lipinski definition) is 1. The summed E-state index contributed by atoms with van der Waals surface area (Å²) in [5, 5.41) is 4.42. The lowest BCUT2D eigenvalue weighted by atomic mass is 9.95. The topological polar surface area (TPSA) is 12.0 Å². The van der Waals surface area contributed by atoms with Crippen molar-refractivity contribution in [3.8, 4) is 0 Å². The van der Waals surface area contributed by atoms with Gasteiger partial charge in [-0.05, 0) is 18.4 Å². The van der Waals surface area contributed by atoms with E-state index in [0.717, 1.165) is 17.9 Å². The van der Waals surface area contributed by atoms with E-state index in [1.807, 2.05) is 13.8 Å². The molecule has 1 aromatic rings. The van der Waals surface area contributed by atoms with E-state index in [0.29, 0.717) is 0 Å². The molecule has 1 aliphatic heterocycles. The highest BCUT2D eigenvalue weighted by atomic mass is 32.2. The van der Waals surface area contributed by atoms with Crippen LogP contribution in [-0.4, -0.2) is 0 Å². The zero-order valence-corrected chi connectivity index (χ0v) is 10.7. The second-order valence-corrected chi connectivity index (χ2v) is 4.80. The Labute approximate surface area is 102 Å². The minimum absolute atomic E-state index is 1.06.